The summed E-state index contributed by atoms with van der Waals surface area (Å²) in [5.41, 5.74) is 1.78. The second-order valence-electron chi connectivity index (χ2n) is 8.59. The number of halogens is 1. The predicted octanol–water partition coefficient (Wildman–Crippen LogP) is 3.29. The first kappa shape index (κ1) is 23.7. The third-order valence-corrected chi connectivity index (χ3v) is 8.11. The van der Waals surface area contributed by atoms with Crippen LogP contribution in [-0.2, 0) is 19.6 Å². The molecule has 9 heteroatoms. The third-order valence-electron chi connectivity index (χ3n) is 6.37. The molecular formula is C24H28ClN3O4S. The average molecular weight is 490 g/mol. The van der Waals surface area contributed by atoms with Crippen molar-refractivity contribution in [2.45, 2.75) is 49.6 Å². The molecule has 2 saturated heterocycles. The largest absolute Gasteiger partial charge is 0.341 e. The number of amides is 2. The number of nitrogens with zero attached hydrogens (tertiary/aromatic N) is 2. The van der Waals surface area contributed by atoms with Crippen LogP contribution in [0.3, 0.4) is 0 Å². The molecule has 0 radical (unpaired) electrons. The third kappa shape index (κ3) is 5.23. The van der Waals surface area contributed by atoms with E-state index >= 15 is 0 Å². The van der Waals surface area contributed by atoms with Gasteiger partial charge in [0.25, 0.3) is 0 Å². The van der Waals surface area contributed by atoms with Crippen LogP contribution in [0.15, 0.2) is 53.4 Å². The number of nitrogens with one attached hydrogen (secondary N) is 1. The van der Waals surface area contributed by atoms with Crippen molar-refractivity contribution in [2.75, 3.05) is 19.6 Å². The molecule has 7 nitrogen and oxygen atoms in total. The molecule has 0 aliphatic carbocycles. The summed E-state index contributed by atoms with van der Waals surface area (Å²) in [6.45, 7) is 3.50. The quantitative estimate of drug-likeness (QED) is 0.674. The SMILES string of the molecule is C[C@H](C(=O)N1CCCCC1)N1CC[C@@H](NS(=O)(=O)c2ccc(-c3ccc(Cl)cc3)cc2)C1=O. The van der Waals surface area contributed by atoms with Crippen LogP contribution in [0, 0.1) is 0 Å². The molecule has 0 spiro atoms. The summed E-state index contributed by atoms with van der Waals surface area (Å²) < 4.78 is 28.3. The van der Waals surface area contributed by atoms with Crippen molar-refractivity contribution >= 4 is 33.4 Å². The number of piperidine rings is 1. The fraction of sp³-hybridized carbons (Fsp3) is 0.417. The first-order chi connectivity index (χ1) is 15.8. The molecule has 2 fully saturated rings. The molecule has 0 bridgehead atoms. The van der Waals surface area contributed by atoms with Crippen LogP contribution >= 0.6 is 11.6 Å². The Morgan fingerprint density at radius 3 is 2.15 bits per heavy atom. The Labute approximate surface area is 199 Å². The molecule has 0 saturated carbocycles. The monoisotopic (exact) mass is 489 g/mol. The van der Waals surface area contributed by atoms with E-state index in [0.717, 1.165) is 30.4 Å². The highest BCUT2D eigenvalue weighted by molar-refractivity contribution is 7.89. The summed E-state index contributed by atoms with van der Waals surface area (Å²) in [6.07, 6.45) is 3.40. The van der Waals surface area contributed by atoms with Crippen LogP contribution in [0.5, 0.6) is 0 Å². The molecule has 0 unspecified atom stereocenters. The minimum atomic E-state index is -3.89. The molecule has 4 rings (SSSR count). The molecule has 0 aromatic heterocycles. The maximum absolute atomic E-state index is 12.9. The molecular weight excluding hydrogens is 462 g/mol. The molecule has 2 aromatic carbocycles. The fourth-order valence-electron chi connectivity index (χ4n) is 4.43. The second-order valence-corrected chi connectivity index (χ2v) is 10.7. The normalized spacial score (nSPS) is 20.2. The van der Waals surface area contributed by atoms with E-state index in [1.165, 1.54) is 17.0 Å². The van der Waals surface area contributed by atoms with Gasteiger partial charge in [0.15, 0.2) is 0 Å². The highest BCUT2D eigenvalue weighted by Crippen LogP contribution is 2.24. The smallest absolute Gasteiger partial charge is 0.245 e. The van der Waals surface area contributed by atoms with E-state index in [1.54, 1.807) is 36.1 Å². The molecule has 2 amide bonds. The van der Waals surface area contributed by atoms with Crippen molar-refractivity contribution in [1.29, 1.82) is 0 Å². The number of rotatable bonds is 6. The molecule has 1 N–H and O–H groups in total. The lowest BCUT2D eigenvalue weighted by atomic mass is 10.1. The zero-order valence-electron chi connectivity index (χ0n) is 18.5. The maximum atomic E-state index is 12.9. The summed E-state index contributed by atoms with van der Waals surface area (Å²) in [5.74, 6) is -0.418. The number of hydrogen-bond acceptors (Lipinski definition) is 4. The van der Waals surface area contributed by atoms with E-state index in [2.05, 4.69) is 4.72 Å². The van der Waals surface area contributed by atoms with Gasteiger partial charge >= 0.3 is 0 Å². The highest BCUT2D eigenvalue weighted by Gasteiger charge is 2.40. The van der Waals surface area contributed by atoms with Crippen molar-refractivity contribution in [3.8, 4) is 11.1 Å². The van der Waals surface area contributed by atoms with E-state index in [1.807, 2.05) is 12.1 Å². The van der Waals surface area contributed by atoms with E-state index in [0.29, 0.717) is 31.1 Å². The summed E-state index contributed by atoms with van der Waals surface area (Å²) in [7, 11) is -3.89. The van der Waals surface area contributed by atoms with E-state index in [4.69, 9.17) is 11.6 Å². The Hall–Kier alpha value is -2.42. The zero-order chi connectivity index (χ0) is 23.6. The van der Waals surface area contributed by atoms with Crippen LogP contribution in [0.25, 0.3) is 11.1 Å². The second kappa shape index (κ2) is 9.83. The Morgan fingerprint density at radius 1 is 0.970 bits per heavy atom. The molecule has 2 atom stereocenters. The van der Waals surface area contributed by atoms with Gasteiger partial charge in [0.2, 0.25) is 21.8 Å². The first-order valence-electron chi connectivity index (χ1n) is 11.2. The van der Waals surface area contributed by atoms with Crippen molar-refractivity contribution < 1.29 is 18.0 Å². The van der Waals surface area contributed by atoms with Gasteiger partial charge in [-0.25, -0.2) is 8.42 Å². The van der Waals surface area contributed by atoms with Crippen molar-refractivity contribution in [2.24, 2.45) is 0 Å². The van der Waals surface area contributed by atoms with Gasteiger partial charge < -0.3 is 9.80 Å². The summed E-state index contributed by atoms with van der Waals surface area (Å²) >= 11 is 5.92. The van der Waals surface area contributed by atoms with E-state index in [9.17, 15) is 18.0 Å². The minimum absolute atomic E-state index is 0.0654. The Kier molecular flexibility index (Phi) is 7.07. The van der Waals surface area contributed by atoms with Gasteiger partial charge in [-0.15, -0.1) is 0 Å². The average Bonchev–Trinajstić information content (AvgIpc) is 3.18. The van der Waals surface area contributed by atoms with Crippen LogP contribution in [0.4, 0.5) is 0 Å². The minimum Gasteiger partial charge on any atom is -0.341 e. The summed E-state index contributed by atoms with van der Waals surface area (Å²) in [4.78, 5) is 29.1. The van der Waals surface area contributed by atoms with E-state index < -0.39 is 22.1 Å². The lowest BCUT2D eigenvalue weighted by molar-refractivity contribution is -0.143. The lowest BCUT2D eigenvalue weighted by Crippen LogP contribution is -2.51. The fourth-order valence-corrected chi connectivity index (χ4v) is 5.78. The Bertz CT molecular complexity index is 1110. The number of sulfonamides is 1. The standard InChI is InChI=1S/C24H28ClN3O4S/c1-17(23(29)27-14-3-2-4-15-27)28-16-13-22(24(28)30)26-33(31,32)21-11-7-19(8-12-21)18-5-9-20(25)10-6-18/h5-12,17,22,26H,2-4,13-16H2,1H3/t17-,22-/m1/s1. The number of carbonyl (C=O) groups excluding carboxylic acids is 2. The molecule has 2 aliphatic heterocycles. The van der Waals surface area contributed by atoms with Gasteiger partial charge in [0, 0.05) is 24.7 Å². The topological polar surface area (TPSA) is 86.8 Å². The maximum Gasteiger partial charge on any atom is 0.245 e. The predicted molar refractivity (Wildman–Crippen MR) is 127 cm³/mol. The van der Waals surface area contributed by atoms with Gasteiger partial charge in [-0.05, 0) is 68.0 Å². The summed E-state index contributed by atoms with van der Waals surface area (Å²) in [5, 5.41) is 0.629. The molecule has 2 aromatic rings. The number of carbonyl (C=O) groups is 2. The van der Waals surface area contributed by atoms with Crippen LogP contribution < -0.4 is 4.72 Å². The highest BCUT2D eigenvalue weighted by atomic mass is 35.5. The lowest BCUT2D eigenvalue weighted by Gasteiger charge is -2.32. The zero-order valence-corrected chi connectivity index (χ0v) is 20.1. The molecule has 2 heterocycles. The Morgan fingerprint density at radius 2 is 1.55 bits per heavy atom. The van der Waals surface area contributed by atoms with Gasteiger partial charge in [0.1, 0.15) is 12.1 Å². The summed E-state index contributed by atoms with van der Waals surface area (Å²) in [6, 6.07) is 12.3. The van der Waals surface area contributed by atoms with Crippen molar-refractivity contribution in [1.82, 2.24) is 14.5 Å². The molecule has 2 aliphatic rings. The van der Waals surface area contributed by atoms with Crippen LogP contribution in [0.2, 0.25) is 5.02 Å². The number of likely N-dealkylation sites (tertiary alicyclic amines) is 2. The van der Waals surface area contributed by atoms with Gasteiger partial charge in [-0.3, -0.25) is 9.59 Å². The van der Waals surface area contributed by atoms with Crippen molar-refractivity contribution in [3.63, 3.8) is 0 Å². The Balaban J connectivity index is 1.41. The van der Waals surface area contributed by atoms with Gasteiger partial charge in [-0.1, -0.05) is 35.9 Å². The van der Waals surface area contributed by atoms with Crippen molar-refractivity contribution in [3.05, 3.63) is 53.6 Å². The van der Waals surface area contributed by atoms with Crippen LogP contribution in [-0.4, -0.2) is 61.7 Å². The van der Waals surface area contributed by atoms with Crippen LogP contribution in [0.1, 0.15) is 32.6 Å². The molecule has 176 valence electrons. The molecule has 33 heavy (non-hydrogen) atoms. The number of hydrogen-bond donors (Lipinski definition) is 1. The van der Waals surface area contributed by atoms with E-state index in [-0.39, 0.29) is 16.7 Å². The van der Waals surface area contributed by atoms with Gasteiger partial charge in [0.05, 0.1) is 4.90 Å². The number of benzene rings is 2. The first-order valence-corrected chi connectivity index (χ1v) is 13.1. The van der Waals surface area contributed by atoms with Gasteiger partial charge in [-0.2, -0.15) is 4.72 Å².